The zero-order valence-electron chi connectivity index (χ0n) is 9.54. The first kappa shape index (κ1) is 14.7. The number of nitrogens with zero attached hydrogens (tertiary/aromatic N) is 1. The standard InChI is InChI=1S/C11H12F4N2S/c1-17(8-4-2-7(12)3-5-8)6-9(10(16)18)11(13,14)15/h2-5,9H,6H2,1H3,(H2,16,18). The second kappa shape index (κ2) is 5.51. The lowest BCUT2D eigenvalue weighted by molar-refractivity contribution is -0.152. The molecule has 2 nitrogen and oxygen atoms in total. The predicted molar refractivity (Wildman–Crippen MR) is 66.0 cm³/mol. The van der Waals surface area contributed by atoms with E-state index in [4.69, 9.17) is 5.73 Å². The lowest BCUT2D eigenvalue weighted by Crippen LogP contribution is -2.42. The van der Waals surface area contributed by atoms with Crippen molar-refractivity contribution in [1.29, 1.82) is 0 Å². The van der Waals surface area contributed by atoms with E-state index in [1.54, 1.807) is 0 Å². The number of alkyl halides is 3. The van der Waals surface area contributed by atoms with Crippen LogP contribution in [0.2, 0.25) is 0 Å². The number of benzene rings is 1. The molecule has 2 N–H and O–H groups in total. The molecule has 1 rings (SSSR count). The van der Waals surface area contributed by atoms with Crippen molar-refractivity contribution in [1.82, 2.24) is 0 Å². The Morgan fingerprint density at radius 2 is 1.83 bits per heavy atom. The van der Waals surface area contributed by atoms with Crippen molar-refractivity contribution in [3.05, 3.63) is 30.1 Å². The number of hydrogen-bond donors (Lipinski definition) is 1. The van der Waals surface area contributed by atoms with Gasteiger partial charge in [0.25, 0.3) is 0 Å². The fourth-order valence-corrected chi connectivity index (χ4v) is 1.64. The van der Waals surface area contributed by atoms with Crippen LogP contribution in [0.5, 0.6) is 0 Å². The van der Waals surface area contributed by atoms with E-state index in [0.717, 1.165) is 0 Å². The molecule has 0 aromatic heterocycles. The zero-order chi connectivity index (χ0) is 13.9. The molecule has 7 heteroatoms. The maximum absolute atomic E-state index is 12.7. The number of anilines is 1. The molecular weight excluding hydrogens is 268 g/mol. The maximum Gasteiger partial charge on any atom is 0.399 e. The Labute approximate surface area is 107 Å². The van der Waals surface area contributed by atoms with Crippen molar-refractivity contribution >= 4 is 22.9 Å². The molecule has 0 heterocycles. The SMILES string of the molecule is CN(CC(C(N)=S)C(F)(F)F)c1ccc(F)cc1. The summed E-state index contributed by atoms with van der Waals surface area (Å²) >= 11 is 4.43. The normalized spacial score (nSPS) is 13.2. The highest BCUT2D eigenvalue weighted by atomic mass is 32.1. The predicted octanol–water partition coefficient (Wildman–Crippen LogP) is 2.73. The maximum atomic E-state index is 12.7. The Balaban J connectivity index is 2.82. The molecule has 1 aromatic rings. The quantitative estimate of drug-likeness (QED) is 0.679. The lowest BCUT2D eigenvalue weighted by atomic mass is 10.1. The van der Waals surface area contributed by atoms with Gasteiger partial charge in [0, 0.05) is 19.3 Å². The summed E-state index contributed by atoms with van der Waals surface area (Å²) in [7, 11) is 1.46. The largest absolute Gasteiger partial charge is 0.399 e. The Kier molecular flexibility index (Phi) is 4.50. The van der Waals surface area contributed by atoms with Crippen LogP contribution in [-0.2, 0) is 0 Å². The van der Waals surface area contributed by atoms with Gasteiger partial charge in [0.05, 0.1) is 4.99 Å². The van der Waals surface area contributed by atoms with Crippen LogP contribution in [0.25, 0.3) is 0 Å². The average molecular weight is 280 g/mol. The van der Waals surface area contributed by atoms with Crippen molar-refractivity contribution in [2.45, 2.75) is 6.18 Å². The summed E-state index contributed by atoms with van der Waals surface area (Å²) in [5.74, 6) is -2.34. The molecule has 0 amide bonds. The topological polar surface area (TPSA) is 29.3 Å². The zero-order valence-corrected chi connectivity index (χ0v) is 10.4. The van der Waals surface area contributed by atoms with Gasteiger partial charge >= 0.3 is 6.18 Å². The third kappa shape index (κ3) is 3.83. The van der Waals surface area contributed by atoms with Gasteiger partial charge in [-0.05, 0) is 24.3 Å². The number of rotatable bonds is 4. The Morgan fingerprint density at radius 1 is 1.33 bits per heavy atom. The molecule has 0 aliphatic heterocycles. The summed E-state index contributed by atoms with van der Waals surface area (Å²) in [5, 5.41) is 0. The molecular formula is C11H12F4N2S. The van der Waals surface area contributed by atoms with Crippen molar-refractivity contribution in [3.8, 4) is 0 Å². The van der Waals surface area contributed by atoms with Gasteiger partial charge in [-0.25, -0.2) is 4.39 Å². The number of halogens is 4. The highest BCUT2D eigenvalue weighted by molar-refractivity contribution is 7.80. The minimum absolute atomic E-state index is 0.398. The molecule has 0 aliphatic rings. The van der Waals surface area contributed by atoms with Crippen LogP contribution in [0.15, 0.2) is 24.3 Å². The fraction of sp³-hybridized carbons (Fsp3) is 0.364. The smallest absolute Gasteiger partial charge is 0.393 e. The van der Waals surface area contributed by atoms with Gasteiger partial charge in [-0.2, -0.15) is 13.2 Å². The third-order valence-corrected chi connectivity index (χ3v) is 2.75. The molecule has 1 aromatic carbocycles. The van der Waals surface area contributed by atoms with Crippen molar-refractivity contribution < 1.29 is 17.6 Å². The average Bonchev–Trinajstić information content (AvgIpc) is 2.24. The third-order valence-electron chi connectivity index (χ3n) is 2.46. The van der Waals surface area contributed by atoms with Gasteiger partial charge in [-0.3, -0.25) is 0 Å². The van der Waals surface area contributed by atoms with E-state index in [-0.39, 0.29) is 0 Å². The van der Waals surface area contributed by atoms with E-state index in [2.05, 4.69) is 12.2 Å². The Morgan fingerprint density at radius 3 is 2.22 bits per heavy atom. The Hall–Kier alpha value is -1.37. The van der Waals surface area contributed by atoms with Crippen LogP contribution >= 0.6 is 12.2 Å². The van der Waals surface area contributed by atoms with Crippen molar-refractivity contribution in [3.63, 3.8) is 0 Å². The van der Waals surface area contributed by atoms with E-state index < -0.39 is 29.4 Å². The molecule has 18 heavy (non-hydrogen) atoms. The summed E-state index contributed by atoms with van der Waals surface area (Å²) in [6.07, 6.45) is -4.49. The molecule has 1 atom stereocenters. The highest BCUT2D eigenvalue weighted by Crippen LogP contribution is 2.28. The van der Waals surface area contributed by atoms with Crippen molar-refractivity contribution in [2.24, 2.45) is 11.7 Å². The van der Waals surface area contributed by atoms with Gasteiger partial charge in [0.2, 0.25) is 0 Å². The first-order valence-electron chi connectivity index (χ1n) is 5.04. The van der Waals surface area contributed by atoms with Gasteiger partial charge in [0.15, 0.2) is 0 Å². The lowest BCUT2D eigenvalue weighted by Gasteiger charge is -2.26. The van der Waals surface area contributed by atoms with Gasteiger partial charge in [-0.1, -0.05) is 12.2 Å². The molecule has 0 fully saturated rings. The van der Waals surface area contributed by atoms with E-state index in [9.17, 15) is 17.6 Å². The van der Waals surface area contributed by atoms with Gasteiger partial charge in [0.1, 0.15) is 11.7 Å². The summed E-state index contributed by atoms with van der Waals surface area (Å²) in [5.41, 5.74) is 5.56. The molecule has 0 radical (unpaired) electrons. The molecule has 100 valence electrons. The van der Waals surface area contributed by atoms with E-state index in [1.807, 2.05) is 0 Å². The molecule has 0 saturated heterocycles. The van der Waals surface area contributed by atoms with Gasteiger partial charge in [-0.15, -0.1) is 0 Å². The first-order valence-corrected chi connectivity index (χ1v) is 5.45. The van der Waals surface area contributed by atoms with Gasteiger partial charge < -0.3 is 10.6 Å². The Bertz CT molecular complexity index is 416. The van der Waals surface area contributed by atoms with E-state index in [0.29, 0.717) is 5.69 Å². The fourth-order valence-electron chi connectivity index (χ4n) is 1.43. The number of thiocarbonyl (C=S) groups is 1. The minimum atomic E-state index is -4.49. The monoisotopic (exact) mass is 280 g/mol. The van der Waals surface area contributed by atoms with Crippen LogP contribution in [0.3, 0.4) is 0 Å². The second-order valence-corrected chi connectivity index (χ2v) is 4.32. The van der Waals surface area contributed by atoms with Crippen LogP contribution in [-0.4, -0.2) is 24.8 Å². The summed E-state index contributed by atoms with van der Waals surface area (Å²) < 4.78 is 50.7. The molecule has 0 saturated carbocycles. The van der Waals surface area contributed by atoms with Crippen LogP contribution < -0.4 is 10.6 Å². The van der Waals surface area contributed by atoms with Crippen LogP contribution in [0.4, 0.5) is 23.2 Å². The van der Waals surface area contributed by atoms with Crippen LogP contribution in [0, 0.1) is 11.7 Å². The van der Waals surface area contributed by atoms with Crippen LogP contribution in [0.1, 0.15) is 0 Å². The number of hydrogen-bond acceptors (Lipinski definition) is 2. The highest BCUT2D eigenvalue weighted by Gasteiger charge is 2.42. The summed E-state index contributed by atoms with van der Waals surface area (Å²) in [6.45, 7) is -0.398. The minimum Gasteiger partial charge on any atom is -0.393 e. The molecule has 0 bridgehead atoms. The van der Waals surface area contributed by atoms with E-state index in [1.165, 1.54) is 36.2 Å². The molecule has 0 aliphatic carbocycles. The van der Waals surface area contributed by atoms with E-state index >= 15 is 0 Å². The number of nitrogens with two attached hydrogens (primary N) is 1. The first-order chi connectivity index (χ1) is 8.21. The van der Waals surface area contributed by atoms with Crippen molar-refractivity contribution in [2.75, 3.05) is 18.5 Å². The molecule has 0 spiro atoms. The molecule has 1 unspecified atom stereocenters. The second-order valence-electron chi connectivity index (χ2n) is 3.85. The summed E-state index contributed by atoms with van der Waals surface area (Å²) in [6, 6.07) is 5.13. The summed E-state index contributed by atoms with van der Waals surface area (Å²) in [4.78, 5) is 0.730.